The van der Waals surface area contributed by atoms with Gasteiger partial charge in [-0.1, -0.05) is 19.1 Å². The highest BCUT2D eigenvalue weighted by molar-refractivity contribution is 7.98. The summed E-state index contributed by atoms with van der Waals surface area (Å²) in [5.74, 6) is 1.24. The molecule has 3 rings (SSSR count). The van der Waals surface area contributed by atoms with Gasteiger partial charge in [0.1, 0.15) is 23.0 Å². The van der Waals surface area contributed by atoms with Crippen LogP contribution in [0.1, 0.15) is 56.4 Å². The number of carbonyl (C=O) groups is 1. The number of carboxylic acid groups (broad SMARTS) is 1. The van der Waals surface area contributed by atoms with Crippen molar-refractivity contribution >= 4 is 29.4 Å². The topological polar surface area (TPSA) is 107 Å². The minimum absolute atomic E-state index is 0.469. The van der Waals surface area contributed by atoms with Crippen LogP contribution in [0.25, 0.3) is 0 Å². The van der Waals surface area contributed by atoms with E-state index in [0.29, 0.717) is 39.8 Å². The molecule has 1 N–H and O–H groups in total. The molecule has 8 nitrogen and oxygen atoms in total. The largest absolute Gasteiger partial charge is 0.465 e. The number of thioether (sulfide) groups is 1. The SMILES string of the molecule is CCc1c(C#N)c(SCc2ccc(N(C(=O)O)C(C)(C)C)cc2)nc(N2CCCN(C)CC2)c1C#N. The molecule has 1 aliphatic heterocycles. The van der Waals surface area contributed by atoms with Crippen molar-refractivity contribution in [3.05, 3.63) is 46.5 Å². The van der Waals surface area contributed by atoms with Gasteiger partial charge in [-0.3, -0.25) is 4.90 Å². The highest BCUT2D eigenvalue weighted by Crippen LogP contribution is 2.34. The molecule has 1 aromatic carbocycles. The fourth-order valence-electron chi connectivity index (χ4n) is 4.45. The number of aromatic nitrogens is 1. The summed E-state index contributed by atoms with van der Waals surface area (Å²) in [5.41, 5.74) is 2.77. The van der Waals surface area contributed by atoms with Crippen molar-refractivity contribution in [3.8, 4) is 12.1 Å². The van der Waals surface area contributed by atoms with Gasteiger partial charge in [0.2, 0.25) is 0 Å². The Morgan fingerprint density at radius 2 is 1.78 bits per heavy atom. The predicted molar refractivity (Wildman–Crippen MR) is 144 cm³/mol. The zero-order valence-corrected chi connectivity index (χ0v) is 22.5. The average Bonchev–Trinajstić information content (AvgIpc) is 3.05. The van der Waals surface area contributed by atoms with Gasteiger partial charge >= 0.3 is 6.09 Å². The number of amides is 1. The Morgan fingerprint density at radius 1 is 1.11 bits per heavy atom. The number of benzene rings is 1. The lowest BCUT2D eigenvalue weighted by Crippen LogP contribution is -2.45. The first-order chi connectivity index (χ1) is 17.1. The third-order valence-electron chi connectivity index (χ3n) is 6.28. The Bertz CT molecular complexity index is 1180. The summed E-state index contributed by atoms with van der Waals surface area (Å²) in [4.78, 5) is 22.4. The molecule has 1 saturated heterocycles. The summed E-state index contributed by atoms with van der Waals surface area (Å²) in [6.45, 7) is 11.0. The molecule has 1 fully saturated rings. The second kappa shape index (κ2) is 11.6. The molecular formula is C27H34N6O2S. The molecule has 190 valence electrons. The first-order valence-electron chi connectivity index (χ1n) is 12.2. The molecule has 2 heterocycles. The van der Waals surface area contributed by atoms with Crippen LogP contribution in [0.4, 0.5) is 16.3 Å². The van der Waals surface area contributed by atoms with Crippen LogP contribution in [0.3, 0.4) is 0 Å². The number of hydrogen-bond donors (Lipinski definition) is 1. The minimum atomic E-state index is -0.996. The fourth-order valence-corrected chi connectivity index (χ4v) is 5.41. The van der Waals surface area contributed by atoms with E-state index >= 15 is 0 Å². The molecule has 1 aliphatic rings. The van der Waals surface area contributed by atoms with Crippen molar-refractivity contribution in [2.45, 2.75) is 56.9 Å². The molecule has 36 heavy (non-hydrogen) atoms. The van der Waals surface area contributed by atoms with E-state index in [9.17, 15) is 20.4 Å². The molecule has 0 spiro atoms. The van der Waals surface area contributed by atoms with Crippen molar-refractivity contribution in [2.75, 3.05) is 43.0 Å². The van der Waals surface area contributed by atoms with E-state index in [1.165, 1.54) is 16.7 Å². The third kappa shape index (κ3) is 6.10. The van der Waals surface area contributed by atoms with E-state index in [1.54, 1.807) is 0 Å². The lowest BCUT2D eigenvalue weighted by atomic mass is 10.0. The van der Waals surface area contributed by atoms with Gasteiger partial charge in [-0.2, -0.15) is 10.5 Å². The second-order valence-electron chi connectivity index (χ2n) is 9.93. The van der Waals surface area contributed by atoms with Gasteiger partial charge in [0, 0.05) is 36.6 Å². The number of anilines is 2. The molecule has 1 aromatic heterocycles. The van der Waals surface area contributed by atoms with Gasteiger partial charge < -0.3 is 14.9 Å². The van der Waals surface area contributed by atoms with Crippen LogP contribution >= 0.6 is 11.8 Å². The van der Waals surface area contributed by atoms with Gasteiger partial charge in [0.25, 0.3) is 0 Å². The number of rotatable bonds is 6. The summed E-state index contributed by atoms with van der Waals surface area (Å²) in [6, 6.07) is 12.1. The summed E-state index contributed by atoms with van der Waals surface area (Å²) < 4.78 is 0. The standard InChI is InChI=1S/C27H34N6O2S/c1-6-21-22(16-28)24(32-13-7-12-31(5)14-15-32)30-25(23(21)17-29)36-18-19-8-10-20(11-9-19)33(26(34)35)27(2,3)4/h8-11H,6-7,12-15,18H2,1-5H3,(H,34,35). The molecule has 2 aromatic rings. The predicted octanol–water partition coefficient (Wildman–Crippen LogP) is 5.10. The molecule has 0 unspecified atom stereocenters. The van der Waals surface area contributed by atoms with Crippen molar-refractivity contribution in [1.29, 1.82) is 10.5 Å². The zero-order chi connectivity index (χ0) is 26.5. The molecule has 0 aliphatic carbocycles. The van der Waals surface area contributed by atoms with Gasteiger partial charge in [0.05, 0.1) is 11.1 Å². The highest BCUT2D eigenvalue weighted by Gasteiger charge is 2.28. The van der Waals surface area contributed by atoms with E-state index in [1.807, 2.05) is 52.0 Å². The van der Waals surface area contributed by atoms with Crippen LogP contribution in [-0.2, 0) is 12.2 Å². The van der Waals surface area contributed by atoms with E-state index < -0.39 is 11.6 Å². The maximum atomic E-state index is 11.8. The van der Waals surface area contributed by atoms with E-state index in [-0.39, 0.29) is 0 Å². The molecule has 1 amide bonds. The summed E-state index contributed by atoms with van der Waals surface area (Å²) in [6.07, 6.45) is 0.570. The van der Waals surface area contributed by atoms with Crippen LogP contribution in [0, 0.1) is 22.7 Å². The minimum Gasteiger partial charge on any atom is -0.465 e. The van der Waals surface area contributed by atoms with Crippen LogP contribution in [-0.4, -0.2) is 59.8 Å². The van der Waals surface area contributed by atoms with Crippen molar-refractivity contribution in [3.63, 3.8) is 0 Å². The van der Waals surface area contributed by atoms with Crippen molar-refractivity contribution in [1.82, 2.24) is 9.88 Å². The third-order valence-corrected chi connectivity index (χ3v) is 7.32. The second-order valence-corrected chi connectivity index (χ2v) is 10.9. The first-order valence-corrected chi connectivity index (χ1v) is 13.1. The smallest absolute Gasteiger partial charge is 0.412 e. The Morgan fingerprint density at radius 3 is 2.33 bits per heavy atom. The van der Waals surface area contributed by atoms with Crippen LogP contribution in [0.2, 0.25) is 0 Å². The Kier molecular flexibility index (Phi) is 8.84. The molecule has 9 heteroatoms. The Hall–Kier alpha value is -3.27. The number of pyridine rings is 1. The van der Waals surface area contributed by atoms with Gasteiger partial charge in [0.15, 0.2) is 0 Å². The fraction of sp³-hybridized carbons (Fsp3) is 0.481. The van der Waals surface area contributed by atoms with Crippen LogP contribution in [0.5, 0.6) is 0 Å². The maximum absolute atomic E-state index is 11.8. The number of nitrogens with zero attached hydrogens (tertiary/aromatic N) is 6. The first kappa shape index (κ1) is 27.3. The highest BCUT2D eigenvalue weighted by atomic mass is 32.2. The lowest BCUT2D eigenvalue weighted by Gasteiger charge is -2.33. The van der Waals surface area contributed by atoms with Crippen molar-refractivity contribution in [2.24, 2.45) is 0 Å². The van der Waals surface area contributed by atoms with Gasteiger partial charge in [-0.05, 0) is 70.5 Å². The number of nitriles is 2. The van der Waals surface area contributed by atoms with Crippen LogP contribution in [0.15, 0.2) is 29.3 Å². The normalized spacial score (nSPS) is 14.6. The van der Waals surface area contributed by atoms with Crippen molar-refractivity contribution < 1.29 is 9.90 Å². The molecular weight excluding hydrogens is 472 g/mol. The average molecular weight is 507 g/mol. The van der Waals surface area contributed by atoms with Gasteiger partial charge in [-0.15, -0.1) is 11.8 Å². The summed E-state index contributed by atoms with van der Waals surface area (Å²) in [5, 5.41) is 30.2. The Balaban J connectivity index is 1.91. The molecule has 0 atom stereocenters. The summed E-state index contributed by atoms with van der Waals surface area (Å²) in [7, 11) is 2.10. The van der Waals surface area contributed by atoms with Crippen LogP contribution < -0.4 is 9.80 Å². The molecule has 0 radical (unpaired) electrons. The maximum Gasteiger partial charge on any atom is 0.412 e. The van der Waals surface area contributed by atoms with E-state index in [2.05, 4.69) is 29.0 Å². The monoisotopic (exact) mass is 506 g/mol. The summed E-state index contributed by atoms with van der Waals surface area (Å²) >= 11 is 1.47. The molecule has 0 bridgehead atoms. The Labute approximate surface area is 218 Å². The number of likely N-dealkylation sites (N-methyl/N-ethyl adjacent to an activating group) is 1. The lowest BCUT2D eigenvalue weighted by molar-refractivity contribution is 0.195. The molecule has 0 saturated carbocycles. The quantitative estimate of drug-likeness (QED) is 0.539. The zero-order valence-electron chi connectivity index (χ0n) is 21.7. The van der Waals surface area contributed by atoms with E-state index in [0.717, 1.165) is 43.7 Å². The number of hydrogen-bond acceptors (Lipinski definition) is 7. The van der Waals surface area contributed by atoms with E-state index in [4.69, 9.17) is 4.98 Å². The van der Waals surface area contributed by atoms with Gasteiger partial charge in [-0.25, -0.2) is 9.78 Å².